The molecule has 3 amide bonds. The van der Waals surface area contributed by atoms with Crippen LogP contribution in [0.4, 0.5) is 16.2 Å². The van der Waals surface area contributed by atoms with Gasteiger partial charge in [-0.25, -0.2) is 4.79 Å². The number of hydrogen-bond acceptors (Lipinski definition) is 3. The number of anilines is 2. The average molecular weight is 331 g/mol. The molecule has 24 heavy (non-hydrogen) atoms. The lowest BCUT2D eigenvalue weighted by molar-refractivity contribution is -0.143. The van der Waals surface area contributed by atoms with Gasteiger partial charge in [-0.15, -0.1) is 0 Å². The molecule has 7 heteroatoms. The van der Waals surface area contributed by atoms with Gasteiger partial charge in [0.15, 0.2) is 0 Å². The smallest absolute Gasteiger partial charge is 0.321 e. The minimum absolute atomic E-state index is 0.0126. The van der Waals surface area contributed by atoms with Gasteiger partial charge >= 0.3 is 12.0 Å². The van der Waals surface area contributed by atoms with Gasteiger partial charge in [0.25, 0.3) is 0 Å². The summed E-state index contributed by atoms with van der Waals surface area (Å²) in [7, 11) is 0. The summed E-state index contributed by atoms with van der Waals surface area (Å²) in [6.07, 6.45) is 3.37. The third-order valence-corrected chi connectivity index (χ3v) is 4.54. The Morgan fingerprint density at radius 1 is 1.25 bits per heavy atom. The second-order valence-corrected chi connectivity index (χ2v) is 6.33. The number of aryl methyl sites for hydroxylation is 1. The summed E-state index contributed by atoms with van der Waals surface area (Å²) in [4.78, 5) is 36.6. The van der Waals surface area contributed by atoms with Gasteiger partial charge in [0.05, 0.1) is 5.92 Å². The summed E-state index contributed by atoms with van der Waals surface area (Å²) < 4.78 is 0. The van der Waals surface area contributed by atoms with E-state index in [9.17, 15) is 14.4 Å². The number of amides is 3. The monoisotopic (exact) mass is 331 g/mol. The number of carboxylic acid groups (broad SMARTS) is 1. The standard InChI is InChI=1S/C17H21N3O4/c21-15-5-1-3-11-9-13(6-7-14(11)19-15)18-17(24)20-8-2-4-12(10-20)16(22)23/h6-7,9,12H,1-5,8,10H2,(H,18,24)(H,19,21)(H,22,23). The van der Waals surface area contributed by atoms with Crippen LogP contribution in [0.2, 0.25) is 0 Å². The lowest BCUT2D eigenvalue weighted by Gasteiger charge is -2.30. The van der Waals surface area contributed by atoms with E-state index in [-0.39, 0.29) is 18.5 Å². The van der Waals surface area contributed by atoms with E-state index in [0.717, 1.165) is 24.1 Å². The Hall–Kier alpha value is -2.57. The molecule has 1 aromatic rings. The van der Waals surface area contributed by atoms with Gasteiger partial charge < -0.3 is 20.6 Å². The molecular weight excluding hydrogens is 310 g/mol. The fourth-order valence-corrected chi connectivity index (χ4v) is 3.22. The maximum Gasteiger partial charge on any atom is 0.321 e. The van der Waals surface area contributed by atoms with Crippen LogP contribution >= 0.6 is 0 Å². The summed E-state index contributed by atoms with van der Waals surface area (Å²) in [5, 5.41) is 14.8. The molecule has 1 fully saturated rings. The number of rotatable bonds is 2. The minimum Gasteiger partial charge on any atom is -0.481 e. The molecule has 128 valence electrons. The molecule has 0 aliphatic carbocycles. The topological polar surface area (TPSA) is 98.7 Å². The first-order valence-corrected chi connectivity index (χ1v) is 8.24. The molecule has 0 radical (unpaired) electrons. The Morgan fingerprint density at radius 3 is 2.88 bits per heavy atom. The van der Waals surface area contributed by atoms with Crippen LogP contribution in [0.25, 0.3) is 0 Å². The van der Waals surface area contributed by atoms with Gasteiger partial charge in [-0.05, 0) is 49.4 Å². The van der Waals surface area contributed by atoms with E-state index >= 15 is 0 Å². The Bertz CT molecular complexity index is 674. The van der Waals surface area contributed by atoms with E-state index in [1.807, 2.05) is 6.07 Å². The van der Waals surface area contributed by atoms with Gasteiger partial charge in [-0.2, -0.15) is 0 Å². The molecule has 3 rings (SSSR count). The average Bonchev–Trinajstić information content (AvgIpc) is 2.75. The van der Waals surface area contributed by atoms with Crippen molar-refractivity contribution < 1.29 is 19.5 Å². The number of benzene rings is 1. The van der Waals surface area contributed by atoms with Crippen LogP contribution in [0.1, 0.15) is 31.2 Å². The van der Waals surface area contributed by atoms with Crippen LogP contribution in [-0.4, -0.2) is 41.0 Å². The van der Waals surface area contributed by atoms with Gasteiger partial charge in [0.1, 0.15) is 0 Å². The lowest BCUT2D eigenvalue weighted by Crippen LogP contribution is -2.44. The van der Waals surface area contributed by atoms with Gasteiger partial charge in [0, 0.05) is 30.9 Å². The van der Waals surface area contributed by atoms with Crippen molar-refractivity contribution in [2.45, 2.75) is 32.1 Å². The number of nitrogens with one attached hydrogen (secondary N) is 2. The Kier molecular flexibility index (Phi) is 4.69. The number of carbonyl (C=O) groups excluding carboxylic acids is 2. The Morgan fingerprint density at radius 2 is 2.08 bits per heavy atom. The number of fused-ring (bicyclic) bond motifs is 1. The molecule has 0 aromatic heterocycles. The van der Waals surface area contributed by atoms with Gasteiger partial charge in [-0.1, -0.05) is 0 Å². The minimum atomic E-state index is -0.853. The summed E-state index contributed by atoms with van der Waals surface area (Å²) in [6.45, 7) is 0.804. The van der Waals surface area contributed by atoms with Crippen LogP contribution in [0.15, 0.2) is 18.2 Å². The first kappa shape index (κ1) is 16.3. The molecule has 2 heterocycles. The zero-order valence-corrected chi connectivity index (χ0v) is 13.4. The fraction of sp³-hybridized carbons (Fsp3) is 0.471. The van der Waals surface area contributed by atoms with Crippen molar-refractivity contribution in [2.75, 3.05) is 23.7 Å². The number of piperidine rings is 1. The molecule has 3 N–H and O–H groups in total. The van der Waals surface area contributed by atoms with Crippen LogP contribution in [-0.2, 0) is 16.0 Å². The number of aliphatic carboxylic acids is 1. The molecule has 1 atom stereocenters. The first-order chi connectivity index (χ1) is 11.5. The largest absolute Gasteiger partial charge is 0.481 e. The van der Waals surface area contributed by atoms with Crippen molar-refractivity contribution >= 4 is 29.3 Å². The molecule has 1 saturated heterocycles. The predicted molar refractivity (Wildman–Crippen MR) is 89.0 cm³/mol. The molecule has 1 unspecified atom stereocenters. The second-order valence-electron chi connectivity index (χ2n) is 6.33. The number of carbonyl (C=O) groups is 3. The maximum atomic E-state index is 12.4. The summed E-state index contributed by atoms with van der Waals surface area (Å²) in [5.74, 6) is -1.33. The molecule has 2 aliphatic heterocycles. The van der Waals surface area contributed by atoms with Crippen molar-refractivity contribution in [3.63, 3.8) is 0 Å². The number of hydrogen-bond donors (Lipinski definition) is 3. The van der Waals surface area contributed by atoms with E-state index in [1.54, 1.807) is 17.0 Å². The molecule has 0 saturated carbocycles. The van der Waals surface area contributed by atoms with Crippen LogP contribution < -0.4 is 10.6 Å². The summed E-state index contributed by atoms with van der Waals surface area (Å²) >= 11 is 0. The van der Waals surface area contributed by atoms with Crippen molar-refractivity contribution in [3.05, 3.63) is 23.8 Å². The van der Waals surface area contributed by atoms with Gasteiger partial charge in [-0.3, -0.25) is 9.59 Å². The number of urea groups is 1. The molecule has 7 nitrogen and oxygen atoms in total. The Labute approximate surface area is 140 Å². The van der Waals surface area contributed by atoms with E-state index in [1.165, 1.54) is 0 Å². The third-order valence-electron chi connectivity index (χ3n) is 4.54. The lowest BCUT2D eigenvalue weighted by atomic mass is 9.99. The SMILES string of the molecule is O=C1CCCc2cc(NC(=O)N3CCCC(C(=O)O)C3)ccc2N1. The normalized spacial score (nSPS) is 20.6. The van der Waals surface area contributed by atoms with E-state index in [4.69, 9.17) is 5.11 Å². The molecular formula is C17H21N3O4. The fourth-order valence-electron chi connectivity index (χ4n) is 3.22. The van der Waals surface area contributed by atoms with Crippen molar-refractivity contribution in [1.82, 2.24) is 4.90 Å². The highest BCUT2D eigenvalue weighted by Gasteiger charge is 2.28. The zero-order valence-electron chi connectivity index (χ0n) is 13.4. The third kappa shape index (κ3) is 3.67. The number of carboxylic acids is 1. The Balaban J connectivity index is 1.67. The van der Waals surface area contributed by atoms with Crippen LogP contribution in [0.5, 0.6) is 0 Å². The molecule has 2 aliphatic rings. The predicted octanol–water partition coefficient (Wildman–Crippen LogP) is 2.29. The number of likely N-dealkylation sites (tertiary alicyclic amines) is 1. The highest BCUT2D eigenvalue weighted by molar-refractivity contribution is 5.94. The maximum absolute atomic E-state index is 12.4. The second kappa shape index (κ2) is 6.90. The van der Waals surface area contributed by atoms with Crippen molar-refractivity contribution in [1.29, 1.82) is 0 Å². The summed E-state index contributed by atoms with van der Waals surface area (Å²) in [6, 6.07) is 5.14. The number of nitrogens with zero attached hydrogens (tertiary/aromatic N) is 1. The van der Waals surface area contributed by atoms with Crippen molar-refractivity contribution in [2.24, 2.45) is 5.92 Å². The van der Waals surface area contributed by atoms with E-state index in [0.29, 0.717) is 31.5 Å². The molecule has 0 spiro atoms. The highest BCUT2D eigenvalue weighted by atomic mass is 16.4. The van der Waals surface area contributed by atoms with Gasteiger partial charge in [0.2, 0.25) is 5.91 Å². The van der Waals surface area contributed by atoms with Crippen LogP contribution in [0, 0.1) is 5.92 Å². The van der Waals surface area contributed by atoms with Crippen molar-refractivity contribution in [3.8, 4) is 0 Å². The van der Waals surface area contributed by atoms with Crippen LogP contribution in [0.3, 0.4) is 0 Å². The first-order valence-electron chi connectivity index (χ1n) is 8.24. The van der Waals surface area contributed by atoms with E-state index < -0.39 is 11.9 Å². The quantitative estimate of drug-likeness (QED) is 0.774. The van der Waals surface area contributed by atoms with E-state index in [2.05, 4.69) is 10.6 Å². The molecule has 1 aromatic carbocycles. The summed E-state index contributed by atoms with van der Waals surface area (Å²) in [5.41, 5.74) is 2.45. The highest BCUT2D eigenvalue weighted by Crippen LogP contribution is 2.26. The molecule has 0 bridgehead atoms. The zero-order chi connectivity index (χ0) is 17.1.